The predicted molar refractivity (Wildman–Crippen MR) is 90.5 cm³/mol. The minimum Gasteiger partial charge on any atom is -0.481 e. The van der Waals surface area contributed by atoms with Gasteiger partial charge in [-0.05, 0) is 52.1 Å². The van der Waals surface area contributed by atoms with Gasteiger partial charge in [0.15, 0.2) is 0 Å². The SMILES string of the molecule is Cc1nsc(C(CCCCCC(=O)O)(C(=O)O)C(=O)OC(C)(C)C)n1. The summed E-state index contributed by atoms with van der Waals surface area (Å²) in [5, 5.41) is 18.6. The molecular formula is C16H24N2O6S. The van der Waals surface area contributed by atoms with Gasteiger partial charge in [-0.3, -0.25) is 14.4 Å². The maximum Gasteiger partial charge on any atom is 0.331 e. The van der Waals surface area contributed by atoms with Crippen molar-refractivity contribution in [1.29, 1.82) is 0 Å². The summed E-state index contributed by atoms with van der Waals surface area (Å²) in [6.07, 6.45) is 1.24. The Morgan fingerprint density at radius 3 is 2.20 bits per heavy atom. The number of nitrogens with zero attached hydrogens (tertiary/aromatic N) is 2. The molecule has 0 aliphatic heterocycles. The van der Waals surface area contributed by atoms with Crippen LogP contribution in [-0.2, 0) is 24.5 Å². The average molecular weight is 372 g/mol. The first-order valence-corrected chi connectivity index (χ1v) is 8.76. The number of unbranched alkanes of at least 4 members (excludes halogenated alkanes) is 2. The van der Waals surface area contributed by atoms with Gasteiger partial charge in [0.1, 0.15) is 16.4 Å². The lowest BCUT2D eigenvalue weighted by atomic mass is 9.82. The Bertz CT molecular complexity index is 637. The number of carbonyl (C=O) groups is 3. The van der Waals surface area contributed by atoms with Crippen LogP contribution in [0.4, 0.5) is 0 Å². The molecule has 0 aliphatic carbocycles. The molecule has 0 spiro atoms. The summed E-state index contributed by atoms with van der Waals surface area (Å²) in [4.78, 5) is 39.5. The van der Waals surface area contributed by atoms with E-state index in [2.05, 4.69) is 9.36 Å². The fourth-order valence-electron chi connectivity index (χ4n) is 2.26. The molecule has 1 aromatic heterocycles. The largest absolute Gasteiger partial charge is 0.481 e. The van der Waals surface area contributed by atoms with Crippen molar-refractivity contribution in [3.8, 4) is 0 Å². The first-order valence-electron chi connectivity index (χ1n) is 7.98. The summed E-state index contributed by atoms with van der Waals surface area (Å²) in [7, 11) is 0. The minimum absolute atomic E-state index is 0.00439. The third-order valence-electron chi connectivity index (χ3n) is 3.45. The lowest BCUT2D eigenvalue weighted by molar-refractivity contribution is -0.170. The Morgan fingerprint density at radius 1 is 1.12 bits per heavy atom. The number of aryl methyl sites for hydroxylation is 1. The van der Waals surface area contributed by atoms with Crippen LogP contribution in [0.15, 0.2) is 0 Å². The number of aromatic nitrogens is 2. The molecule has 8 nitrogen and oxygen atoms in total. The van der Waals surface area contributed by atoms with Crippen LogP contribution in [0.3, 0.4) is 0 Å². The van der Waals surface area contributed by atoms with Gasteiger partial charge in [-0.1, -0.05) is 12.8 Å². The number of carboxylic acid groups (broad SMARTS) is 2. The Kier molecular flexibility index (Phi) is 7.04. The second-order valence-electron chi connectivity index (χ2n) is 6.81. The van der Waals surface area contributed by atoms with Gasteiger partial charge in [0.25, 0.3) is 0 Å². The summed E-state index contributed by atoms with van der Waals surface area (Å²) in [5.74, 6) is -2.73. The summed E-state index contributed by atoms with van der Waals surface area (Å²) < 4.78 is 9.34. The van der Waals surface area contributed by atoms with Crippen molar-refractivity contribution in [3.63, 3.8) is 0 Å². The van der Waals surface area contributed by atoms with E-state index in [0.717, 1.165) is 11.5 Å². The monoisotopic (exact) mass is 372 g/mol. The molecule has 0 amide bonds. The normalized spacial score (nSPS) is 13.9. The molecule has 0 fully saturated rings. The van der Waals surface area contributed by atoms with Gasteiger partial charge in [0.05, 0.1) is 0 Å². The van der Waals surface area contributed by atoms with E-state index in [4.69, 9.17) is 9.84 Å². The fraction of sp³-hybridized carbons (Fsp3) is 0.688. The Labute approximate surface area is 150 Å². The highest BCUT2D eigenvalue weighted by Gasteiger charge is 2.53. The maximum atomic E-state index is 12.7. The topological polar surface area (TPSA) is 127 Å². The van der Waals surface area contributed by atoms with Crippen LogP contribution in [0.5, 0.6) is 0 Å². The number of aliphatic carboxylic acids is 2. The average Bonchev–Trinajstić information content (AvgIpc) is 2.86. The summed E-state index contributed by atoms with van der Waals surface area (Å²) >= 11 is 0.871. The summed E-state index contributed by atoms with van der Waals surface area (Å²) in [5.41, 5.74) is -2.77. The van der Waals surface area contributed by atoms with E-state index in [1.807, 2.05) is 0 Å². The van der Waals surface area contributed by atoms with Crippen LogP contribution in [0.1, 0.15) is 63.7 Å². The number of ether oxygens (including phenoxy) is 1. The molecule has 1 heterocycles. The van der Waals surface area contributed by atoms with Crippen molar-refractivity contribution in [2.45, 2.75) is 70.8 Å². The maximum absolute atomic E-state index is 12.7. The highest BCUT2D eigenvalue weighted by molar-refractivity contribution is 7.06. The van der Waals surface area contributed by atoms with Crippen molar-refractivity contribution < 1.29 is 29.3 Å². The lowest BCUT2D eigenvalue weighted by Gasteiger charge is -2.29. The number of carboxylic acids is 2. The van der Waals surface area contributed by atoms with Crippen LogP contribution >= 0.6 is 11.5 Å². The van der Waals surface area contributed by atoms with E-state index in [9.17, 15) is 19.5 Å². The minimum atomic E-state index is -1.93. The van der Waals surface area contributed by atoms with Gasteiger partial charge < -0.3 is 14.9 Å². The predicted octanol–water partition coefficient (Wildman–Crippen LogP) is 2.55. The zero-order valence-corrected chi connectivity index (χ0v) is 15.7. The van der Waals surface area contributed by atoms with E-state index in [1.165, 1.54) is 0 Å². The zero-order chi connectivity index (χ0) is 19.3. The second kappa shape index (κ2) is 8.37. The molecule has 0 saturated heterocycles. The van der Waals surface area contributed by atoms with Crippen molar-refractivity contribution in [2.24, 2.45) is 0 Å². The van der Waals surface area contributed by atoms with Crippen LogP contribution in [0.25, 0.3) is 0 Å². The van der Waals surface area contributed by atoms with E-state index in [1.54, 1.807) is 27.7 Å². The quantitative estimate of drug-likeness (QED) is 0.385. The molecule has 9 heteroatoms. The Morgan fingerprint density at radius 2 is 1.76 bits per heavy atom. The van der Waals surface area contributed by atoms with Gasteiger partial charge >= 0.3 is 17.9 Å². The van der Waals surface area contributed by atoms with E-state index < -0.39 is 28.9 Å². The van der Waals surface area contributed by atoms with E-state index in [-0.39, 0.29) is 17.8 Å². The van der Waals surface area contributed by atoms with Crippen LogP contribution < -0.4 is 0 Å². The van der Waals surface area contributed by atoms with Crippen molar-refractivity contribution >= 4 is 29.4 Å². The van der Waals surface area contributed by atoms with Crippen LogP contribution in [0.2, 0.25) is 0 Å². The molecule has 0 saturated carbocycles. The van der Waals surface area contributed by atoms with Gasteiger partial charge in [0.2, 0.25) is 5.41 Å². The third-order valence-corrected chi connectivity index (χ3v) is 4.42. The second-order valence-corrected chi connectivity index (χ2v) is 7.57. The smallest absolute Gasteiger partial charge is 0.331 e. The first kappa shape index (κ1) is 21.0. The number of carbonyl (C=O) groups excluding carboxylic acids is 1. The molecule has 0 radical (unpaired) electrons. The molecule has 25 heavy (non-hydrogen) atoms. The van der Waals surface area contributed by atoms with Crippen molar-refractivity contribution in [1.82, 2.24) is 9.36 Å². The number of rotatable bonds is 9. The molecule has 1 aromatic rings. The third kappa shape index (κ3) is 5.77. The first-order chi connectivity index (χ1) is 11.5. The van der Waals surface area contributed by atoms with Gasteiger partial charge in [-0.25, -0.2) is 4.98 Å². The van der Waals surface area contributed by atoms with Gasteiger partial charge in [-0.2, -0.15) is 4.37 Å². The van der Waals surface area contributed by atoms with Crippen LogP contribution in [0, 0.1) is 6.92 Å². The summed E-state index contributed by atoms with van der Waals surface area (Å²) in [6, 6.07) is 0. The van der Waals surface area contributed by atoms with Gasteiger partial charge in [-0.15, -0.1) is 0 Å². The van der Waals surface area contributed by atoms with Crippen LogP contribution in [-0.4, -0.2) is 43.1 Å². The fourth-order valence-corrected chi connectivity index (χ4v) is 3.12. The molecule has 1 atom stereocenters. The molecule has 1 rings (SSSR count). The van der Waals surface area contributed by atoms with E-state index >= 15 is 0 Å². The molecule has 0 bridgehead atoms. The Balaban J connectivity index is 3.08. The zero-order valence-electron chi connectivity index (χ0n) is 14.9. The number of esters is 1. The molecule has 140 valence electrons. The number of hydrogen-bond acceptors (Lipinski definition) is 7. The van der Waals surface area contributed by atoms with Crippen molar-refractivity contribution in [3.05, 3.63) is 10.8 Å². The molecule has 1 unspecified atom stereocenters. The lowest BCUT2D eigenvalue weighted by Crippen LogP contribution is -2.47. The molecule has 2 N–H and O–H groups in total. The number of hydrogen-bond donors (Lipinski definition) is 2. The highest BCUT2D eigenvalue weighted by Crippen LogP contribution is 2.35. The molecule has 0 aromatic carbocycles. The van der Waals surface area contributed by atoms with E-state index in [0.29, 0.717) is 25.1 Å². The Hall–Kier alpha value is -2.03. The van der Waals surface area contributed by atoms with Gasteiger partial charge in [0, 0.05) is 6.42 Å². The molecule has 0 aliphatic rings. The standard InChI is InChI=1S/C16H24N2O6S/c1-10-17-12(25-18-10)16(13(21)22,14(23)24-15(2,3)4)9-7-5-6-8-11(19)20/h5-9H2,1-4H3,(H,19,20)(H,21,22). The summed E-state index contributed by atoms with van der Waals surface area (Å²) in [6.45, 7) is 6.61. The van der Waals surface area contributed by atoms with Crippen molar-refractivity contribution in [2.75, 3.05) is 0 Å². The highest BCUT2D eigenvalue weighted by atomic mass is 32.1. The molecular weight excluding hydrogens is 348 g/mol.